The molecule has 1 N–H and O–H groups in total. The summed E-state index contributed by atoms with van der Waals surface area (Å²) >= 11 is 0. The van der Waals surface area contributed by atoms with E-state index in [4.69, 9.17) is 4.74 Å². The van der Waals surface area contributed by atoms with Gasteiger partial charge in [0, 0.05) is 12.5 Å². The predicted octanol–water partition coefficient (Wildman–Crippen LogP) is 1.41. The molecule has 2 fully saturated rings. The molecule has 2 aliphatic rings. The summed E-state index contributed by atoms with van der Waals surface area (Å²) in [4.78, 5) is 37.8. The number of methoxy groups -OCH3 is 1. The molecule has 0 unspecified atom stereocenters. The van der Waals surface area contributed by atoms with Crippen molar-refractivity contribution in [3.05, 3.63) is 35.4 Å². The summed E-state index contributed by atoms with van der Waals surface area (Å²) < 4.78 is 4.77. The second-order valence-electron chi connectivity index (χ2n) is 7.08. The molecule has 1 aliphatic carbocycles. The van der Waals surface area contributed by atoms with E-state index in [0.29, 0.717) is 5.92 Å². The van der Waals surface area contributed by atoms with Crippen LogP contribution in [-0.2, 0) is 19.1 Å². The zero-order chi connectivity index (χ0) is 18.1. The quantitative estimate of drug-likeness (QED) is 0.838. The number of hydrogen-bond acceptors (Lipinski definition) is 4. The van der Waals surface area contributed by atoms with Gasteiger partial charge >= 0.3 is 5.97 Å². The molecule has 0 aromatic heterocycles. The number of ether oxygens (including phenoxy) is 1. The molecule has 1 aromatic rings. The van der Waals surface area contributed by atoms with Gasteiger partial charge in [0.15, 0.2) is 0 Å². The number of rotatable bonds is 4. The number of nitrogens with zero attached hydrogens (tertiary/aromatic N) is 1. The minimum absolute atomic E-state index is 0.0892. The number of amides is 2. The molecule has 6 heteroatoms. The molecule has 6 nitrogen and oxygen atoms in total. The highest BCUT2D eigenvalue weighted by atomic mass is 16.5. The Labute approximate surface area is 147 Å². The fraction of sp³-hybridized carbons (Fsp3) is 0.526. The molecule has 1 saturated carbocycles. The third-order valence-electron chi connectivity index (χ3n) is 5.08. The van der Waals surface area contributed by atoms with Gasteiger partial charge in [0.25, 0.3) is 0 Å². The van der Waals surface area contributed by atoms with Crippen LogP contribution < -0.4 is 5.32 Å². The average molecular weight is 344 g/mol. The zero-order valence-electron chi connectivity index (χ0n) is 14.8. The van der Waals surface area contributed by atoms with Crippen molar-refractivity contribution in [2.75, 3.05) is 20.2 Å². The largest absolute Gasteiger partial charge is 0.467 e. The highest BCUT2D eigenvalue weighted by Gasteiger charge is 2.49. The van der Waals surface area contributed by atoms with Crippen molar-refractivity contribution in [1.82, 2.24) is 10.2 Å². The molecule has 0 radical (unpaired) electrons. The van der Waals surface area contributed by atoms with Crippen LogP contribution in [0.5, 0.6) is 0 Å². The summed E-state index contributed by atoms with van der Waals surface area (Å²) in [7, 11) is 1.29. The summed E-state index contributed by atoms with van der Waals surface area (Å²) in [6, 6.07) is 7.62. The van der Waals surface area contributed by atoms with E-state index in [1.165, 1.54) is 17.6 Å². The van der Waals surface area contributed by atoms with Gasteiger partial charge in [-0.3, -0.25) is 9.59 Å². The zero-order valence-corrected chi connectivity index (χ0v) is 14.8. The van der Waals surface area contributed by atoms with Crippen LogP contribution in [-0.4, -0.2) is 48.9 Å². The molecule has 0 bridgehead atoms. The first-order valence-electron chi connectivity index (χ1n) is 8.67. The van der Waals surface area contributed by atoms with E-state index < -0.39 is 12.0 Å². The summed E-state index contributed by atoms with van der Waals surface area (Å²) in [6.45, 7) is 4.31. The van der Waals surface area contributed by atoms with Crippen LogP contribution in [0.25, 0.3) is 0 Å². The molecular weight excluding hydrogens is 320 g/mol. The maximum Gasteiger partial charge on any atom is 0.330 e. The Balaban J connectivity index is 1.70. The maximum absolute atomic E-state index is 12.8. The Morgan fingerprint density at radius 2 is 1.92 bits per heavy atom. The summed E-state index contributed by atoms with van der Waals surface area (Å²) in [5.74, 6) is -0.402. The second-order valence-corrected chi connectivity index (χ2v) is 7.08. The Kier molecular flexibility index (Phi) is 4.79. The predicted molar refractivity (Wildman–Crippen MR) is 91.9 cm³/mol. The molecule has 1 heterocycles. The third-order valence-corrected chi connectivity index (χ3v) is 5.08. The Morgan fingerprint density at radius 3 is 2.52 bits per heavy atom. The van der Waals surface area contributed by atoms with Gasteiger partial charge in [0.1, 0.15) is 12.6 Å². The van der Waals surface area contributed by atoms with Gasteiger partial charge in [-0.1, -0.05) is 38.1 Å². The highest BCUT2D eigenvalue weighted by Crippen LogP contribution is 2.48. The molecule has 1 saturated heterocycles. The monoisotopic (exact) mass is 344 g/mol. The van der Waals surface area contributed by atoms with Crippen LogP contribution in [0.15, 0.2) is 24.3 Å². The Hall–Kier alpha value is -2.37. The standard InChI is InChI=1S/C19H24N2O4/c1-11(2)12-4-6-13(7-5-12)14-8-15(14)18(23)21-10-17(22)20-9-16(21)19(24)25-3/h4-7,11,14-16H,8-10H2,1-3H3,(H,20,22)/t14-,15+,16-/m0/s1. The molecule has 3 atom stereocenters. The van der Waals surface area contributed by atoms with Gasteiger partial charge in [0.05, 0.1) is 7.11 Å². The van der Waals surface area contributed by atoms with E-state index in [-0.39, 0.29) is 36.7 Å². The number of carbonyl (C=O) groups excluding carboxylic acids is 3. The van der Waals surface area contributed by atoms with Crippen LogP contribution in [0, 0.1) is 5.92 Å². The molecule has 0 spiro atoms. The first-order valence-corrected chi connectivity index (χ1v) is 8.67. The Bertz CT molecular complexity index is 683. The summed E-state index contributed by atoms with van der Waals surface area (Å²) in [5.41, 5.74) is 2.41. The second kappa shape index (κ2) is 6.86. The van der Waals surface area contributed by atoms with Crippen LogP contribution in [0.4, 0.5) is 0 Å². The van der Waals surface area contributed by atoms with Gasteiger partial charge in [0.2, 0.25) is 11.8 Å². The first kappa shape index (κ1) is 17.5. The first-order chi connectivity index (χ1) is 11.9. The van der Waals surface area contributed by atoms with Crippen molar-refractivity contribution in [1.29, 1.82) is 0 Å². The van der Waals surface area contributed by atoms with Crippen LogP contribution in [0.2, 0.25) is 0 Å². The molecule has 25 heavy (non-hydrogen) atoms. The van der Waals surface area contributed by atoms with Gasteiger partial charge in [-0.05, 0) is 29.4 Å². The van der Waals surface area contributed by atoms with E-state index in [2.05, 4.69) is 43.4 Å². The lowest BCUT2D eigenvalue weighted by Crippen LogP contribution is -2.60. The fourth-order valence-electron chi connectivity index (χ4n) is 3.40. The van der Waals surface area contributed by atoms with Crippen molar-refractivity contribution in [3.63, 3.8) is 0 Å². The number of benzene rings is 1. The summed E-state index contributed by atoms with van der Waals surface area (Å²) in [5, 5.41) is 2.62. The number of esters is 1. The minimum atomic E-state index is -0.736. The van der Waals surface area contributed by atoms with Gasteiger partial charge in [-0.15, -0.1) is 0 Å². The fourth-order valence-corrected chi connectivity index (χ4v) is 3.40. The smallest absolute Gasteiger partial charge is 0.330 e. The van der Waals surface area contributed by atoms with Gasteiger partial charge < -0.3 is 15.0 Å². The molecular formula is C19H24N2O4. The van der Waals surface area contributed by atoms with Crippen molar-refractivity contribution < 1.29 is 19.1 Å². The topological polar surface area (TPSA) is 75.7 Å². The van der Waals surface area contributed by atoms with Crippen LogP contribution >= 0.6 is 0 Å². The third kappa shape index (κ3) is 3.52. The number of carbonyl (C=O) groups is 3. The molecule has 1 aliphatic heterocycles. The number of piperazine rings is 1. The Morgan fingerprint density at radius 1 is 1.24 bits per heavy atom. The maximum atomic E-state index is 12.8. The SMILES string of the molecule is COC(=O)[C@@H]1CNC(=O)CN1C(=O)[C@@H]1C[C@H]1c1ccc(C(C)C)cc1. The van der Waals surface area contributed by atoms with Crippen molar-refractivity contribution >= 4 is 17.8 Å². The number of nitrogens with one attached hydrogen (secondary N) is 1. The van der Waals surface area contributed by atoms with E-state index in [0.717, 1.165) is 12.0 Å². The van der Waals surface area contributed by atoms with Crippen molar-refractivity contribution in [3.8, 4) is 0 Å². The van der Waals surface area contributed by atoms with E-state index in [1.54, 1.807) is 0 Å². The lowest BCUT2D eigenvalue weighted by atomic mass is 9.99. The number of hydrogen-bond donors (Lipinski definition) is 1. The lowest BCUT2D eigenvalue weighted by molar-refractivity contribution is -0.156. The molecule has 1 aromatic carbocycles. The minimum Gasteiger partial charge on any atom is -0.467 e. The van der Waals surface area contributed by atoms with E-state index >= 15 is 0 Å². The van der Waals surface area contributed by atoms with E-state index in [9.17, 15) is 14.4 Å². The lowest BCUT2D eigenvalue weighted by Gasteiger charge is -2.33. The molecule has 3 rings (SSSR count). The highest BCUT2D eigenvalue weighted by molar-refractivity contribution is 5.93. The molecule has 134 valence electrons. The van der Waals surface area contributed by atoms with Crippen LogP contribution in [0.1, 0.15) is 43.2 Å². The summed E-state index contributed by atoms with van der Waals surface area (Å²) in [6.07, 6.45) is 0.756. The van der Waals surface area contributed by atoms with E-state index in [1.807, 2.05) is 0 Å². The van der Waals surface area contributed by atoms with Gasteiger partial charge in [-0.2, -0.15) is 0 Å². The van der Waals surface area contributed by atoms with Gasteiger partial charge in [-0.25, -0.2) is 4.79 Å². The van der Waals surface area contributed by atoms with Crippen molar-refractivity contribution in [2.45, 2.75) is 38.1 Å². The van der Waals surface area contributed by atoms with Crippen LogP contribution in [0.3, 0.4) is 0 Å². The average Bonchev–Trinajstić information content (AvgIpc) is 3.41. The van der Waals surface area contributed by atoms with Crippen molar-refractivity contribution in [2.24, 2.45) is 5.92 Å². The normalized spacial score (nSPS) is 25.5. The molecule has 2 amide bonds.